The predicted molar refractivity (Wildman–Crippen MR) is 110 cm³/mol. The molecule has 7 heteroatoms. The van der Waals surface area contributed by atoms with Gasteiger partial charge in [-0.05, 0) is 35.9 Å². The summed E-state index contributed by atoms with van der Waals surface area (Å²) in [5, 5.41) is 12.1. The van der Waals surface area contributed by atoms with E-state index in [9.17, 15) is 4.79 Å². The Kier molecular flexibility index (Phi) is 5.13. The second-order valence-electron chi connectivity index (χ2n) is 6.57. The molecule has 1 heterocycles. The van der Waals surface area contributed by atoms with Gasteiger partial charge in [-0.3, -0.25) is 10.0 Å². The number of anilines is 2. The third-order valence-electron chi connectivity index (χ3n) is 4.58. The molecule has 3 aromatic carbocycles. The first kappa shape index (κ1) is 18.5. The van der Waals surface area contributed by atoms with Gasteiger partial charge >= 0.3 is 0 Å². The maximum absolute atomic E-state index is 11.6. The Morgan fingerprint density at radius 2 is 1.90 bits per heavy atom. The molecular formula is C22H20N4O3. The van der Waals surface area contributed by atoms with Crippen molar-refractivity contribution in [1.82, 2.24) is 15.0 Å². The fraction of sp³-hybridized carbons (Fsp3) is 0.0909. The van der Waals surface area contributed by atoms with Gasteiger partial charge in [-0.1, -0.05) is 36.4 Å². The number of aromatic nitrogens is 2. The topological polar surface area (TPSA) is 88.4 Å². The first-order valence-corrected chi connectivity index (χ1v) is 9.09. The zero-order valence-corrected chi connectivity index (χ0v) is 15.8. The normalized spacial score (nSPS) is 10.7. The van der Waals surface area contributed by atoms with Crippen LogP contribution in [0.3, 0.4) is 0 Å². The average Bonchev–Trinajstić information content (AvgIpc) is 3.07. The van der Waals surface area contributed by atoms with E-state index in [-0.39, 0.29) is 0 Å². The molecular weight excluding hydrogens is 368 g/mol. The lowest BCUT2D eigenvalue weighted by Crippen LogP contribution is -2.18. The minimum absolute atomic E-state index is 0.334. The van der Waals surface area contributed by atoms with Gasteiger partial charge in [-0.25, -0.2) is 10.5 Å². The van der Waals surface area contributed by atoms with Crippen LogP contribution in [0, 0.1) is 0 Å². The smallest absolute Gasteiger partial charge is 0.274 e. The molecule has 0 saturated heterocycles. The molecule has 3 N–H and O–H groups in total. The summed E-state index contributed by atoms with van der Waals surface area (Å²) in [6.45, 7) is 0.492. The lowest BCUT2D eigenvalue weighted by Gasteiger charge is -2.10. The highest BCUT2D eigenvalue weighted by atomic mass is 16.5. The molecule has 0 bridgehead atoms. The fourth-order valence-corrected chi connectivity index (χ4v) is 3.05. The SMILES string of the molecule is Cn1c(Nc2cccc(OCc3ccccc3)c2)nc2cc(C(=O)NO)ccc21. The summed E-state index contributed by atoms with van der Waals surface area (Å²) >= 11 is 0. The molecule has 1 amide bonds. The number of imidazole rings is 1. The number of nitrogens with zero attached hydrogens (tertiary/aromatic N) is 2. The molecule has 146 valence electrons. The van der Waals surface area contributed by atoms with Crippen LogP contribution >= 0.6 is 0 Å². The highest BCUT2D eigenvalue weighted by Crippen LogP contribution is 2.25. The molecule has 0 aliphatic rings. The van der Waals surface area contributed by atoms with E-state index in [4.69, 9.17) is 9.94 Å². The average molecular weight is 388 g/mol. The molecule has 0 aliphatic carbocycles. The number of hydrogen-bond acceptors (Lipinski definition) is 5. The lowest BCUT2D eigenvalue weighted by atomic mass is 10.2. The molecule has 29 heavy (non-hydrogen) atoms. The van der Waals surface area contributed by atoms with E-state index in [2.05, 4.69) is 10.3 Å². The van der Waals surface area contributed by atoms with E-state index in [1.54, 1.807) is 23.7 Å². The first-order valence-electron chi connectivity index (χ1n) is 9.09. The number of hydrogen-bond donors (Lipinski definition) is 3. The molecule has 4 aromatic rings. The van der Waals surface area contributed by atoms with Gasteiger partial charge in [0, 0.05) is 24.4 Å². The van der Waals surface area contributed by atoms with E-state index in [0.717, 1.165) is 22.5 Å². The van der Waals surface area contributed by atoms with Crippen molar-refractivity contribution in [3.05, 3.63) is 83.9 Å². The molecule has 0 fully saturated rings. The third kappa shape index (κ3) is 4.04. The standard InChI is InChI=1S/C22H20N4O3/c1-26-20-11-10-16(21(27)25-28)12-19(20)24-22(26)23-17-8-5-9-18(13-17)29-14-15-6-3-2-4-7-15/h2-13,28H,14H2,1H3,(H,23,24)(H,25,27). The zero-order chi connectivity index (χ0) is 20.2. The Morgan fingerprint density at radius 3 is 2.69 bits per heavy atom. The van der Waals surface area contributed by atoms with Crippen LogP contribution in [0.5, 0.6) is 5.75 Å². The van der Waals surface area contributed by atoms with Crippen molar-refractivity contribution in [3.8, 4) is 5.75 Å². The maximum Gasteiger partial charge on any atom is 0.274 e. The number of rotatable bonds is 6. The van der Waals surface area contributed by atoms with Gasteiger partial charge in [0.15, 0.2) is 0 Å². The lowest BCUT2D eigenvalue weighted by molar-refractivity contribution is 0.0706. The van der Waals surface area contributed by atoms with Crippen LogP contribution in [0.2, 0.25) is 0 Å². The number of amides is 1. The van der Waals surface area contributed by atoms with E-state index < -0.39 is 5.91 Å². The minimum Gasteiger partial charge on any atom is -0.489 e. The van der Waals surface area contributed by atoms with Crippen molar-refractivity contribution >= 4 is 28.6 Å². The van der Waals surface area contributed by atoms with Crippen LogP contribution in [0.1, 0.15) is 15.9 Å². The predicted octanol–water partition coefficient (Wildman–Crippen LogP) is 4.01. The number of carbonyl (C=O) groups is 1. The van der Waals surface area contributed by atoms with Gasteiger partial charge in [0.1, 0.15) is 12.4 Å². The van der Waals surface area contributed by atoms with Crippen LogP contribution in [0.15, 0.2) is 72.8 Å². The number of hydroxylamine groups is 1. The van der Waals surface area contributed by atoms with Crippen molar-refractivity contribution in [1.29, 1.82) is 0 Å². The Balaban J connectivity index is 1.53. The number of fused-ring (bicyclic) bond motifs is 1. The molecule has 0 saturated carbocycles. The van der Waals surface area contributed by atoms with Crippen molar-refractivity contribution in [2.75, 3.05) is 5.32 Å². The van der Waals surface area contributed by atoms with Crippen LogP contribution in [0.25, 0.3) is 11.0 Å². The number of ether oxygens (including phenoxy) is 1. The number of nitrogens with one attached hydrogen (secondary N) is 2. The van der Waals surface area contributed by atoms with Crippen LogP contribution < -0.4 is 15.5 Å². The summed E-state index contributed by atoms with van der Waals surface area (Å²) in [6.07, 6.45) is 0. The van der Waals surface area contributed by atoms with Gasteiger partial charge in [-0.2, -0.15) is 0 Å². The largest absolute Gasteiger partial charge is 0.489 e. The maximum atomic E-state index is 11.6. The van der Waals surface area contributed by atoms with E-state index in [1.165, 1.54) is 0 Å². The highest BCUT2D eigenvalue weighted by molar-refractivity contribution is 5.97. The first-order chi connectivity index (χ1) is 14.1. The summed E-state index contributed by atoms with van der Waals surface area (Å²) < 4.78 is 7.78. The molecule has 0 unspecified atom stereocenters. The molecule has 0 atom stereocenters. The second kappa shape index (κ2) is 8.04. The second-order valence-corrected chi connectivity index (χ2v) is 6.57. The minimum atomic E-state index is -0.574. The molecule has 1 aromatic heterocycles. The quantitative estimate of drug-likeness (QED) is 0.343. The van der Waals surface area contributed by atoms with Crippen LogP contribution in [-0.2, 0) is 13.7 Å². The van der Waals surface area contributed by atoms with Gasteiger partial charge in [0.2, 0.25) is 5.95 Å². The molecule has 4 rings (SSSR count). The highest BCUT2D eigenvalue weighted by Gasteiger charge is 2.12. The van der Waals surface area contributed by atoms with Crippen molar-refractivity contribution in [3.63, 3.8) is 0 Å². The summed E-state index contributed by atoms with van der Waals surface area (Å²) in [6, 6.07) is 22.7. The van der Waals surface area contributed by atoms with Gasteiger partial charge in [0.05, 0.1) is 11.0 Å². The fourth-order valence-electron chi connectivity index (χ4n) is 3.05. The molecule has 0 aliphatic heterocycles. The summed E-state index contributed by atoms with van der Waals surface area (Å²) in [5.74, 6) is 0.802. The molecule has 0 radical (unpaired) electrons. The van der Waals surface area contributed by atoms with E-state index >= 15 is 0 Å². The van der Waals surface area contributed by atoms with E-state index in [1.807, 2.05) is 66.2 Å². The third-order valence-corrected chi connectivity index (χ3v) is 4.58. The van der Waals surface area contributed by atoms with Gasteiger partial charge in [0.25, 0.3) is 5.91 Å². The summed E-state index contributed by atoms with van der Waals surface area (Å²) in [5.41, 5.74) is 5.41. The van der Waals surface area contributed by atoms with Crippen molar-refractivity contribution in [2.24, 2.45) is 7.05 Å². The Hall–Kier alpha value is -3.84. The van der Waals surface area contributed by atoms with Gasteiger partial charge < -0.3 is 14.6 Å². The molecule has 7 nitrogen and oxygen atoms in total. The summed E-state index contributed by atoms with van der Waals surface area (Å²) in [7, 11) is 1.89. The Labute approximate surface area is 167 Å². The van der Waals surface area contributed by atoms with Crippen LogP contribution in [0.4, 0.5) is 11.6 Å². The van der Waals surface area contributed by atoms with E-state index in [0.29, 0.717) is 23.6 Å². The van der Waals surface area contributed by atoms with Crippen molar-refractivity contribution < 1.29 is 14.7 Å². The Morgan fingerprint density at radius 1 is 1.07 bits per heavy atom. The number of benzene rings is 3. The summed E-state index contributed by atoms with van der Waals surface area (Å²) in [4.78, 5) is 16.2. The number of carbonyl (C=O) groups excluding carboxylic acids is 1. The van der Waals surface area contributed by atoms with Crippen molar-refractivity contribution in [2.45, 2.75) is 6.61 Å². The zero-order valence-electron chi connectivity index (χ0n) is 15.8. The Bertz CT molecular complexity index is 1160. The number of aryl methyl sites for hydroxylation is 1. The van der Waals surface area contributed by atoms with Crippen LogP contribution in [-0.4, -0.2) is 20.7 Å². The van der Waals surface area contributed by atoms with Gasteiger partial charge in [-0.15, -0.1) is 0 Å². The monoisotopic (exact) mass is 388 g/mol. The molecule has 0 spiro atoms.